The predicted octanol–water partition coefficient (Wildman–Crippen LogP) is 4.77. The Morgan fingerprint density at radius 2 is 2.20 bits per heavy atom. The maximum Gasteiger partial charge on any atom is 0.152 e. The van der Waals surface area contributed by atoms with Crippen molar-refractivity contribution in [1.29, 1.82) is 0 Å². The zero-order valence-electron chi connectivity index (χ0n) is 11.2. The number of hydrogen-bond acceptors (Lipinski definition) is 3. The molecular formula is C16H16ClNO2. The SMILES string of the molecule is CCCNC(c1ccoc1)c1cc2cccc(Cl)c2o1. The molecule has 2 aromatic heterocycles. The Bertz CT molecular complexity index is 688. The maximum atomic E-state index is 6.17. The summed E-state index contributed by atoms with van der Waals surface area (Å²) in [5, 5.41) is 5.12. The van der Waals surface area contributed by atoms with Crippen LogP contribution in [0, 0.1) is 0 Å². The zero-order valence-corrected chi connectivity index (χ0v) is 12.0. The van der Waals surface area contributed by atoms with E-state index in [2.05, 4.69) is 12.2 Å². The van der Waals surface area contributed by atoms with Crippen molar-refractivity contribution in [3.8, 4) is 0 Å². The lowest BCUT2D eigenvalue weighted by Gasteiger charge is -2.14. The summed E-state index contributed by atoms with van der Waals surface area (Å²) in [6, 6.07) is 9.72. The Balaban J connectivity index is 2.02. The van der Waals surface area contributed by atoms with Gasteiger partial charge in [-0.1, -0.05) is 30.7 Å². The van der Waals surface area contributed by atoms with E-state index >= 15 is 0 Å². The molecule has 0 aliphatic rings. The summed E-state index contributed by atoms with van der Waals surface area (Å²) in [7, 11) is 0. The minimum atomic E-state index is -0.0165. The number of rotatable bonds is 5. The zero-order chi connectivity index (χ0) is 13.9. The van der Waals surface area contributed by atoms with Crippen molar-refractivity contribution in [3.05, 3.63) is 59.2 Å². The molecule has 1 N–H and O–H groups in total. The van der Waals surface area contributed by atoms with Gasteiger partial charge in [0.15, 0.2) is 5.58 Å². The van der Waals surface area contributed by atoms with Crippen LogP contribution in [0.25, 0.3) is 11.0 Å². The number of benzene rings is 1. The van der Waals surface area contributed by atoms with E-state index in [4.69, 9.17) is 20.4 Å². The van der Waals surface area contributed by atoms with Crippen LogP contribution in [0.5, 0.6) is 0 Å². The maximum absolute atomic E-state index is 6.17. The molecule has 2 heterocycles. The molecule has 3 rings (SSSR count). The van der Waals surface area contributed by atoms with Crippen molar-refractivity contribution in [2.24, 2.45) is 0 Å². The van der Waals surface area contributed by atoms with Gasteiger partial charge >= 0.3 is 0 Å². The third-order valence-corrected chi connectivity index (χ3v) is 3.57. The first kappa shape index (κ1) is 13.3. The Kier molecular flexibility index (Phi) is 3.81. The molecule has 0 saturated carbocycles. The van der Waals surface area contributed by atoms with E-state index in [0.29, 0.717) is 5.02 Å². The molecule has 0 bridgehead atoms. The summed E-state index contributed by atoms with van der Waals surface area (Å²) in [5.41, 5.74) is 1.78. The van der Waals surface area contributed by atoms with Gasteiger partial charge in [-0.05, 0) is 31.2 Å². The standard InChI is InChI=1S/C16H16ClNO2/c1-2-7-18-15(12-6-8-19-10-12)14-9-11-4-3-5-13(17)16(11)20-14/h3-6,8-10,15,18H,2,7H2,1H3. The molecule has 0 aliphatic heterocycles. The molecule has 3 aromatic rings. The third-order valence-electron chi connectivity index (χ3n) is 3.27. The second kappa shape index (κ2) is 5.73. The Morgan fingerprint density at radius 1 is 1.30 bits per heavy atom. The van der Waals surface area contributed by atoms with Crippen molar-refractivity contribution in [3.63, 3.8) is 0 Å². The highest BCUT2D eigenvalue weighted by atomic mass is 35.5. The first-order valence-corrected chi connectivity index (χ1v) is 7.11. The summed E-state index contributed by atoms with van der Waals surface area (Å²) >= 11 is 6.17. The summed E-state index contributed by atoms with van der Waals surface area (Å²) in [4.78, 5) is 0. The molecule has 1 unspecified atom stereocenters. The smallest absolute Gasteiger partial charge is 0.152 e. The Morgan fingerprint density at radius 3 is 2.90 bits per heavy atom. The molecule has 0 saturated heterocycles. The van der Waals surface area contributed by atoms with Crippen LogP contribution in [0.1, 0.15) is 30.7 Å². The molecule has 1 aromatic carbocycles. The predicted molar refractivity (Wildman–Crippen MR) is 80.1 cm³/mol. The quantitative estimate of drug-likeness (QED) is 0.735. The highest BCUT2D eigenvalue weighted by Crippen LogP contribution is 2.32. The highest BCUT2D eigenvalue weighted by Gasteiger charge is 2.19. The fourth-order valence-electron chi connectivity index (χ4n) is 2.30. The second-order valence-electron chi connectivity index (χ2n) is 4.75. The van der Waals surface area contributed by atoms with Gasteiger partial charge < -0.3 is 14.2 Å². The number of para-hydroxylation sites is 1. The van der Waals surface area contributed by atoms with Gasteiger partial charge in [0.25, 0.3) is 0 Å². The molecule has 4 heteroatoms. The molecule has 0 radical (unpaired) electrons. The number of fused-ring (bicyclic) bond motifs is 1. The Labute approximate surface area is 122 Å². The third kappa shape index (κ3) is 2.47. The molecule has 0 amide bonds. The summed E-state index contributed by atoms with van der Waals surface area (Å²) in [6.07, 6.45) is 4.46. The molecule has 20 heavy (non-hydrogen) atoms. The van der Waals surface area contributed by atoms with Crippen LogP contribution >= 0.6 is 11.6 Å². The first-order valence-electron chi connectivity index (χ1n) is 6.73. The summed E-state index contributed by atoms with van der Waals surface area (Å²) in [6.45, 7) is 3.04. The second-order valence-corrected chi connectivity index (χ2v) is 5.16. The minimum Gasteiger partial charge on any atom is -0.472 e. The van der Waals surface area contributed by atoms with E-state index < -0.39 is 0 Å². The molecule has 0 spiro atoms. The lowest BCUT2D eigenvalue weighted by atomic mass is 10.1. The van der Waals surface area contributed by atoms with Crippen molar-refractivity contribution < 1.29 is 8.83 Å². The molecule has 3 nitrogen and oxygen atoms in total. The van der Waals surface area contributed by atoms with E-state index in [0.717, 1.165) is 35.3 Å². The fraction of sp³-hybridized carbons (Fsp3) is 0.250. The van der Waals surface area contributed by atoms with Gasteiger partial charge in [-0.25, -0.2) is 0 Å². The van der Waals surface area contributed by atoms with Crippen molar-refractivity contribution >= 4 is 22.6 Å². The van der Waals surface area contributed by atoms with Crippen LogP contribution in [0.15, 0.2) is 51.7 Å². The molecule has 0 fully saturated rings. The lowest BCUT2D eigenvalue weighted by molar-refractivity contribution is 0.465. The van der Waals surface area contributed by atoms with E-state index in [1.165, 1.54) is 0 Å². The average Bonchev–Trinajstić information content (AvgIpc) is 3.09. The van der Waals surface area contributed by atoms with Gasteiger partial charge in [0, 0.05) is 10.9 Å². The van der Waals surface area contributed by atoms with Gasteiger partial charge in [-0.3, -0.25) is 0 Å². The summed E-state index contributed by atoms with van der Waals surface area (Å²) in [5.74, 6) is 0.850. The van der Waals surface area contributed by atoms with Crippen LogP contribution in [-0.4, -0.2) is 6.54 Å². The molecular weight excluding hydrogens is 274 g/mol. The van der Waals surface area contributed by atoms with Crippen molar-refractivity contribution in [2.45, 2.75) is 19.4 Å². The molecule has 104 valence electrons. The van der Waals surface area contributed by atoms with Crippen LogP contribution in [0.4, 0.5) is 0 Å². The summed E-state index contributed by atoms with van der Waals surface area (Å²) < 4.78 is 11.1. The number of furan rings is 2. The van der Waals surface area contributed by atoms with Crippen LogP contribution < -0.4 is 5.32 Å². The number of hydrogen-bond donors (Lipinski definition) is 1. The van der Waals surface area contributed by atoms with Gasteiger partial charge in [0.2, 0.25) is 0 Å². The van der Waals surface area contributed by atoms with Crippen LogP contribution in [0.2, 0.25) is 5.02 Å². The first-order chi connectivity index (χ1) is 9.79. The molecule has 0 aliphatic carbocycles. The highest BCUT2D eigenvalue weighted by molar-refractivity contribution is 6.34. The molecule has 1 atom stereocenters. The topological polar surface area (TPSA) is 38.3 Å². The van der Waals surface area contributed by atoms with E-state index in [-0.39, 0.29) is 6.04 Å². The van der Waals surface area contributed by atoms with Gasteiger partial charge in [-0.2, -0.15) is 0 Å². The van der Waals surface area contributed by atoms with E-state index in [9.17, 15) is 0 Å². The van der Waals surface area contributed by atoms with Crippen LogP contribution in [-0.2, 0) is 0 Å². The lowest BCUT2D eigenvalue weighted by Crippen LogP contribution is -2.22. The monoisotopic (exact) mass is 289 g/mol. The Hall–Kier alpha value is -1.71. The van der Waals surface area contributed by atoms with Crippen molar-refractivity contribution in [2.75, 3.05) is 6.54 Å². The van der Waals surface area contributed by atoms with Crippen molar-refractivity contribution in [1.82, 2.24) is 5.32 Å². The average molecular weight is 290 g/mol. The van der Waals surface area contributed by atoms with Gasteiger partial charge in [0.1, 0.15) is 5.76 Å². The van der Waals surface area contributed by atoms with Gasteiger partial charge in [0.05, 0.1) is 23.6 Å². The van der Waals surface area contributed by atoms with E-state index in [1.807, 2.05) is 30.3 Å². The fourth-order valence-corrected chi connectivity index (χ4v) is 2.52. The van der Waals surface area contributed by atoms with Gasteiger partial charge in [-0.15, -0.1) is 0 Å². The minimum absolute atomic E-state index is 0.0165. The largest absolute Gasteiger partial charge is 0.472 e. The van der Waals surface area contributed by atoms with E-state index in [1.54, 1.807) is 12.5 Å². The normalized spacial score (nSPS) is 12.9. The number of nitrogens with one attached hydrogen (secondary N) is 1. The van der Waals surface area contributed by atoms with Crippen LogP contribution in [0.3, 0.4) is 0 Å². The number of halogens is 1.